The van der Waals surface area contributed by atoms with Crippen molar-refractivity contribution in [2.75, 3.05) is 14.2 Å². The van der Waals surface area contributed by atoms with Crippen LogP contribution in [0.3, 0.4) is 0 Å². The van der Waals surface area contributed by atoms with Crippen LogP contribution in [-0.2, 0) is 0 Å². The van der Waals surface area contributed by atoms with Crippen molar-refractivity contribution in [3.8, 4) is 57.7 Å². The lowest BCUT2D eigenvalue weighted by molar-refractivity contribution is 0.409. The second-order valence-corrected chi connectivity index (χ2v) is 9.48. The number of hydrogen-bond donors (Lipinski definition) is 0. The third-order valence-corrected chi connectivity index (χ3v) is 6.71. The first-order valence-corrected chi connectivity index (χ1v) is 13.5. The summed E-state index contributed by atoms with van der Waals surface area (Å²) in [5.74, 6) is 14.3. The highest BCUT2D eigenvalue weighted by molar-refractivity contribution is 5.92. The number of aromatic nitrogens is 2. The number of rotatable bonds is 4. The molecule has 0 spiro atoms. The van der Waals surface area contributed by atoms with Crippen molar-refractivity contribution in [1.82, 2.24) is 9.97 Å². The second kappa shape index (κ2) is 12.1. The van der Waals surface area contributed by atoms with Gasteiger partial charge in [-0.25, -0.2) is 9.97 Å². The Kier molecular flexibility index (Phi) is 7.62. The molecule has 0 unspecified atom stereocenters. The van der Waals surface area contributed by atoms with Crippen LogP contribution in [0.1, 0.15) is 22.3 Å². The predicted molar refractivity (Wildman–Crippen MR) is 168 cm³/mol. The predicted octanol–water partition coefficient (Wildman–Crippen LogP) is 7.78. The van der Waals surface area contributed by atoms with E-state index in [1.807, 2.05) is 121 Å². The van der Waals surface area contributed by atoms with Crippen LogP contribution in [0.5, 0.6) is 11.5 Å². The van der Waals surface area contributed by atoms with Gasteiger partial charge in [-0.1, -0.05) is 84.3 Å². The zero-order valence-corrected chi connectivity index (χ0v) is 23.3. The Morgan fingerprint density at radius 3 is 1.21 bits per heavy atom. The first-order valence-electron chi connectivity index (χ1n) is 13.5. The molecule has 0 amide bonds. The van der Waals surface area contributed by atoms with Crippen molar-refractivity contribution in [2.45, 2.75) is 0 Å². The van der Waals surface area contributed by atoms with E-state index in [1.54, 1.807) is 14.2 Å². The Labute approximate surface area is 245 Å². The van der Waals surface area contributed by atoms with E-state index < -0.39 is 0 Å². The summed E-state index contributed by atoms with van der Waals surface area (Å²) in [6.07, 6.45) is 0. The lowest BCUT2D eigenvalue weighted by Crippen LogP contribution is -2.00. The fourth-order valence-corrected chi connectivity index (χ4v) is 4.64. The van der Waals surface area contributed by atoms with Crippen LogP contribution in [-0.4, -0.2) is 24.2 Å². The fourth-order valence-electron chi connectivity index (χ4n) is 4.64. The van der Waals surface area contributed by atoms with E-state index in [0.29, 0.717) is 33.9 Å². The number of nitrogens with zero attached hydrogens (tertiary/aromatic N) is 2. The summed E-state index contributed by atoms with van der Waals surface area (Å²) in [6.45, 7) is 0. The Bertz CT molecular complexity index is 1860. The van der Waals surface area contributed by atoms with Crippen LogP contribution in [0.2, 0.25) is 0 Å². The van der Waals surface area contributed by atoms with Gasteiger partial charge in [0, 0.05) is 33.4 Å². The summed E-state index contributed by atoms with van der Waals surface area (Å²) in [6, 6.07) is 39.7. The summed E-state index contributed by atoms with van der Waals surface area (Å²) < 4.78 is 11.3. The average molecular weight is 543 g/mol. The molecule has 1 aromatic heterocycles. The van der Waals surface area contributed by atoms with Gasteiger partial charge in [-0.3, -0.25) is 0 Å². The molecule has 4 heteroatoms. The normalized spacial score (nSPS) is 10.2. The number of ether oxygens (including phenoxy) is 2. The quantitative estimate of drug-likeness (QED) is 0.213. The molecule has 6 rings (SSSR count). The molecule has 0 fully saturated rings. The van der Waals surface area contributed by atoms with E-state index >= 15 is 0 Å². The van der Waals surface area contributed by atoms with Crippen LogP contribution < -0.4 is 9.47 Å². The summed E-state index contributed by atoms with van der Waals surface area (Å²) in [5, 5.41) is 0. The molecule has 6 aromatic rings. The van der Waals surface area contributed by atoms with Crippen molar-refractivity contribution in [2.24, 2.45) is 0 Å². The molecule has 5 aromatic carbocycles. The second-order valence-electron chi connectivity index (χ2n) is 9.48. The molecule has 0 atom stereocenters. The smallest absolute Gasteiger partial charge is 0.147 e. The molecule has 0 aliphatic rings. The minimum absolute atomic E-state index is 0.619. The van der Waals surface area contributed by atoms with Crippen molar-refractivity contribution < 1.29 is 9.47 Å². The molecule has 0 saturated carbocycles. The third-order valence-electron chi connectivity index (χ3n) is 6.71. The van der Waals surface area contributed by atoms with E-state index in [0.717, 1.165) is 33.4 Å². The topological polar surface area (TPSA) is 44.2 Å². The van der Waals surface area contributed by atoms with E-state index in [2.05, 4.69) is 23.7 Å². The summed E-state index contributed by atoms with van der Waals surface area (Å²) in [5.41, 5.74) is 8.13. The van der Waals surface area contributed by atoms with Crippen LogP contribution in [0.15, 0.2) is 121 Å². The Hall–Kier alpha value is -5.84. The van der Waals surface area contributed by atoms with Crippen LogP contribution >= 0.6 is 0 Å². The van der Waals surface area contributed by atoms with Gasteiger partial charge in [0.1, 0.15) is 22.5 Å². The highest BCUT2D eigenvalue weighted by atomic mass is 16.5. The number of hydrogen-bond acceptors (Lipinski definition) is 4. The monoisotopic (exact) mass is 542 g/mol. The van der Waals surface area contributed by atoms with Gasteiger partial charge in [-0.05, 0) is 60.7 Å². The summed E-state index contributed by atoms with van der Waals surface area (Å²) in [7, 11) is 3.26. The van der Waals surface area contributed by atoms with Crippen LogP contribution in [0, 0.1) is 23.7 Å². The number of benzene rings is 5. The van der Waals surface area contributed by atoms with Crippen molar-refractivity contribution in [3.05, 3.63) is 144 Å². The first kappa shape index (κ1) is 26.4. The van der Waals surface area contributed by atoms with E-state index in [-0.39, 0.29) is 0 Å². The van der Waals surface area contributed by atoms with Crippen molar-refractivity contribution in [1.29, 1.82) is 0 Å². The number of methoxy groups -OCH3 is 2. The van der Waals surface area contributed by atoms with Gasteiger partial charge in [-0.15, -0.1) is 0 Å². The molecule has 0 bridgehead atoms. The van der Waals surface area contributed by atoms with Crippen molar-refractivity contribution >= 4 is 11.0 Å². The molecular weight excluding hydrogens is 516 g/mol. The van der Waals surface area contributed by atoms with Gasteiger partial charge in [0.25, 0.3) is 0 Å². The van der Waals surface area contributed by atoms with E-state index in [1.165, 1.54) is 0 Å². The third kappa shape index (κ3) is 5.70. The van der Waals surface area contributed by atoms with Gasteiger partial charge in [0.2, 0.25) is 0 Å². The van der Waals surface area contributed by atoms with Gasteiger partial charge in [-0.2, -0.15) is 0 Å². The van der Waals surface area contributed by atoms with Gasteiger partial charge < -0.3 is 9.47 Å². The molecule has 0 aliphatic carbocycles. The van der Waals surface area contributed by atoms with E-state index in [9.17, 15) is 0 Å². The standard InChI is InChI=1S/C38H26N2O2/c1-41-33-23-24-34(42-2)38-37(33)39-35(31-17-9-15-29(25-31)21-19-27-11-5-3-6-12-27)36(40-38)32-18-10-16-30(26-32)22-20-28-13-7-4-8-14-28/h3-18,23-26H,1-2H3. The zero-order valence-electron chi connectivity index (χ0n) is 23.3. The molecule has 0 saturated heterocycles. The van der Waals surface area contributed by atoms with Gasteiger partial charge in [0.05, 0.1) is 25.6 Å². The van der Waals surface area contributed by atoms with Crippen LogP contribution in [0.4, 0.5) is 0 Å². The van der Waals surface area contributed by atoms with Gasteiger partial charge >= 0.3 is 0 Å². The minimum atomic E-state index is 0.619. The maximum Gasteiger partial charge on any atom is 0.147 e. The molecule has 42 heavy (non-hydrogen) atoms. The Balaban J connectivity index is 1.52. The Morgan fingerprint density at radius 1 is 0.429 bits per heavy atom. The lowest BCUT2D eigenvalue weighted by atomic mass is 10.00. The van der Waals surface area contributed by atoms with E-state index in [4.69, 9.17) is 19.4 Å². The van der Waals surface area contributed by atoms with Crippen molar-refractivity contribution in [3.63, 3.8) is 0 Å². The average Bonchev–Trinajstić information content (AvgIpc) is 3.06. The maximum absolute atomic E-state index is 5.67. The summed E-state index contributed by atoms with van der Waals surface area (Å²) in [4.78, 5) is 10.3. The highest BCUT2D eigenvalue weighted by Crippen LogP contribution is 2.37. The molecule has 1 heterocycles. The molecule has 4 nitrogen and oxygen atoms in total. The highest BCUT2D eigenvalue weighted by Gasteiger charge is 2.18. The largest absolute Gasteiger partial charge is 0.494 e. The SMILES string of the molecule is COc1ccc(OC)c2nc(-c3cccc(C#Cc4ccccc4)c3)c(-c3cccc(C#Cc4ccccc4)c3)nc12. The van der Waals surface area contributed by atoms with Gasteiger partial charge in [0.15, 0.2) is 0 Å². The minimum Gasteiger partial charge on any atom is -0.494 e. The molecule has 0 N–H and O–H groups in total. The Morgan fingerprint density at radius 2 is 0.810 bits per heavy atom. The molecule has 0 aliphatic heterocycles. The molecule has 200 valence electrons. The molecule has 0 radical (unpaired) electrons. The summed E-state index contributed by atoms with van der Waals surface area (Å²) >= 11 is 0. The molecular formula is C38H26N2O2. The fraction of sp³-hybridized carbons (Fsp3) is 0.0526. The number of fused-ring (bicyclic) bond motifs is 1. The lowest BCUT2D eigenvalue weighted by Gasteiger charge is -2.14. The van der Waals surface area contributed by atoms with Crippen LogP contribution in [0.25, 0.3) is 33.5 Å². The first-order chi connectivity index (χ1) is 20.7. The maximum atomic E-state index is 5.67. The zero-order chi connectivity index (χ0) is 28.7.